The first-order valence-electron chi connectivity index (χ1n) is 6.37. The Hall–Kier alpha value is -2.69. The van der Waals surface area contributed by atoms with Gasteiger partial charge in [-0.1, -0.05) is 12.1 Å². The molecule has 0 atom stereocenters. The van der Waals surface area contributed by atoms with Gasteiger partial charge in [-0.25, -0.2) is 4.79 Å². The van der Waals surface area contributed by atoms with E-state index in [0.717, 1.165) is 5.56 Å². The fourth-order valence-electron chi connectivity index (χ4n) is 1.82. The molecule has 0 aliphatic heterocycles. The van der Waals surface area contributed by atoms with Crippen LogP contribution >= 0.6 is 0 Å². The van der Waals surface area contributed by atoms with Crippen LogP contribution < -0.4 is 15.2 Å². The Bertz CT molecular complexity index is 623. The van der Waals surface area contributed by atoms with Gasteiger partial charge in [0.05, 0.1) is 19.8 Å². The molecule has 0 aromatic heterocycles. The van der Waals surface area contributed by atoms with Crippen LogP contribution in [0.1, 0.15) is 15.9 Å². The molecule has 0 spiro atoms. The predicted molar refractivity (Wildman–Crippen MR) is 79.5 cm³/mol. The van der Waals surface area contributed by atoms with Gasteiger partial charge >= 0.3 is 5.97 Å². The van der Waals surface area contributed by atoms with Crippen LogP contribution in [0, 0.1) is 0 Å². The molecule has 5 heteroatoms. The molecule has 0 radical (unpaired) electrons. The molecule has 2 aromatic rings. The van der Waals surface area contributed by atoms with Crippen molar-refractivity contribution in [1.82, 2.24) is 0 Å². The van der Waals surface area contributed by atoms with Gasteiger partial charge in [0.15, 0.2) is 11.5 Å². The zero-order valence-corrected chi connectivity index (χ0v) is 12.0. The van der Waals surface area contributed by atoms with E-state index in [1.54, 1.807) is 37.4 Å². The average Bonchev–Trinajstić information content (AvgIpc) is 2.52. The topological polar surface area (TPSA) is 70.8 Å². The summed E-state index contributed by atoms with van der Waals surface area (Å²) in [5.41, 5.74) is 7.76. The first kappa shape index (κ1) is 14.7. The Balaban J connectivity index is 2.06. The second-order valence-corrected chi connectivity index (χ2v) is 4.39. The molecule has 2 N–H and O–H groups in total. The number of benzene rings is 2. The summed E-state index contributed by atoms with van der Waals surface area (Å²) in [5.74, 6) is 0.838. The number of methoxy groups -OCH3 is 2. The van der Waals surface area contributed by atoms with Gasteiger partial charge in [0, 0.05) is 11.8 Å². The van der Waals surface area contributed by atoms with E-state index in [1.807, 2.05) is 12.1 Å². The molecule has 5 nitrogen and oxygen atoms in total. The van der Waals surface area contributed by atoms with Gasteiger partial charge in [-0.2, -0.15) is 0 Å². The zero-order valence-electron chi connectivity index (χ0n) is 12.0. The lowest BCUT2D eigenvalue weighted by Gasteiger charge is -2.11. The zero-order chi connectivity index (χ0) is 15.2. The second kappa shape index (κ2) is 6.65. The van der Waals surface area contributed by atoms with Crippen molar-refractivity contribution in [1.29, 1.82) is 0 Å². The molecular weight excluding hydrogens is 270 g/mol. The smallest absolute Gasteiger partial charge is 0.337 e. The summed E-state index contributed by atoms with van der Waals surface area (Å²) in [6.07, 6.45) is 0. The highest BCUT2D eigenvalue weighted by Gasteiger charge is 2.07. The third-order valence-electron chi connectivity index (χ3n) is 2.96. The maximum Gasteiger partial charge on any atom is 0.337 e. The number of hydrogen-bond donors (Lipinski definition) is 1. The number of hydrogen-bond acceptors (Lipinski definition) is 5. The molecule has 0 aliphatic rings. The minimum atomic E-state index is -0.361. The molecule has 0 fully saturated rings. The van der Waals surface area contributed by atoms with Gasteiger partial charge in [0.1, 0.15) is 6.61 Å². The van der Waals surface area contributed by atoms with E-state index >= 15 is 0 Å². The van der Waals surface area contributed by atoms with Crippen molar-refractivity contribution in [2.45, 2.75) is 6.61 Å². The number of nitrogens with two attached hydrogens (primary N) is 1. The molecule has 2 rings (SSSR count). The van der Waals surface area contributed by atoms with Crippen molar-refractivity contribution in [3.05, 3.63) is 53.6 Å². The summed E-state index contributed by atoms with van der Waals surface area (Å²) in [5, 5.41) is 0. The summed E-state index contributed by atoms with van der Waals surface area (Å²) < 4.78 is 15.6. The Morgan fingerprint density at radius 3 is 2.38 bits per heavy atom. The van der Waals surface area contributed by atoms with Gasteiger partial charge in [0.2, 0.25) is 0 Å². The molecule has 21 heavy (non-hydrogen) atoms. The van der Waals surface area contributed by atoms with Crippen molar-refractivity contribution in [2.75, 3.05) is 20.0 Å². The third kappa shape index (κ3) is 3.66. The Morgan fingerprint density at radius 2 is 1.76 bits per heavy atom. The van der Waals surface area contributed by atoms with Crippen LogP contribution in [-0.2, 0) is 11.3 Å². The van der Waals surface area contributed by atoms with E-state index in [9.17, 15) is 4.79 Å². The van der Waals surface area contributed by atoms with Crippen LogP contribution in [0.4, 0.5) is 5.69 Å². The quantitative estimate of drug-likeness (QED) is 0.676. The number of carbonyl (C=O) groups is 1. The molecule has 0 amide bonds. The van der Waals surface area contributed by atoms with E-state index in [4.69, 9.17) is 15.2 Å². The molecule has 0 bridgehead atoms. The summed E-state index contributed by atoms with van der Waals surface area (Å²) in [6, 6.07) is 12.2. The Morgan fingerprint density at radius 1 is 1.05 bits per heavy atom. The Labute approximate surface area is 123 Å². The van der Waals surface area contributed by atoms with Crippen LogP contribution in [0.15, 0.2) is 42.5 Å². The van der Waals surface area contributed by atoms with Gasteiger partial charge in [0.25, 0.3) is 0 Å². The van der Waals surface area contributed by atoms with Crippen LogP contribution in [0.3, 0.4) is 0 Å². The molecule has 0 aliphatic carbocycles. The van der Waals surface area contributed by atoms with Gasteiger partial charge in [-0.3, -0.25) is 0 Å². The summed E-state index contributed by atoms with van der Waals surface area (Å²) in [6.45, 7) is 0.348. The lowest BCUT2D eigenvalue weighted by atomic mass is 10.1. The van der Waals surface area contributed by atoms with E-state index in [2.05, 4.69) is 4.74 Å². The molecule has 2 aromatic carbocycles. The largest absolute Gasteiger partial charge is 0.493 e. The molecule has 0 heterocycles. The van der Waals surface area contributed by atoms with Gasteiger partial charge in [-0.15, -0.1) is 0 Å². The SMILES string of the molecule is COC(=O)c1ccc(COc2cc(N)ccc2OC)cc1. The van der Waals surface area contributed by atoms with Crippen molar-refractivity contribution >= 4 is 11.7 Å². The number of nitrogen functional groups attached to an aromatic ring is 1. The number of anilines is 1. The molecule has 110 valence electrons. The van der Waals surface area contributed by atoms with Crippen molar-refractivity contribution in [3.63, 3.8) is 0 Å². The first-order valence-corrected chi connectivity index (χ1v) is 6.37. The number of ether oxygens (including phenoxy) is 3. The number of rotatable bonds is 5. The van der Waals surface area contributed by atoms with Gasteiger partial charge < -0.3 is 19.9 Å². The normalized spacial score (nSPS) is 10.0. The predicted octanol–water partition coefficient (Wildman–Crippen LogP) is 2.64. The van der Waals surface area contributed by atoms with Crippen molar-refractivity contribution in [3.8, 4) is 11.5 Å². The Kier molecular flexibility index (Phi) is 4.66. The second-order valence-electron chi connectivity index (χ2n) is 4.39. The first-order chi connectivity index (χ1) is 10.1. The van der Waals surface area contributed by atoms with Gasteiger partial charge in [-0.05, 0) is 29.8 Å². The average molecular weight is 287 g/mol. The molecule has 0 saturated heterocycles. The highest BCUT2D eigenvalue weighted by Crippen LogP contribution is 2.29. The number of esters is 1. The number of carbonyl (C=O) groups excluding carboxylic acids is 1. The minimum absolute atomic E-state index is 0.348. The highest BCUT2D eigenvalue weighted by molar-refractivity contribution is 5.89. The van der Waals surface area contributed by atoms with Crippen molar-refractivity contribution in [2.24, 2.45) is 0 Å². The monoisotopic (exact) mass is 287 g/mol. The third-order valence-corrected chi connectivity index (χ3v) is 2.96. The van der Waals surface area contributed by atoms with E-state index in [-0.39, 0.29) is 5.97 Å². The molecule has 0 saturated carbocycles. The van der Waals surface area contributed by atoms with Crippen LogP contribution in [0.5, 0.6) is 11.5 Å². The van der Waals surface area contributed by atoms with E-state index < -0.39 is 0 Å². The van der Waals surface area contributed by atoms with Crippen LogP contribution in [0.2, 0.25) is 0 Å². The summed E-state index contributed by atoms with van der Waals surface area (Å²) >= 11 is 0. The van der Waals surface area contributed by atoms with Crippen molar-refractivity contribution < 1.29 is 19.0 Å². The molecular formula is C16H17NO4. The minimum Gasteiger partial charge on any atom is -0.493 e. The lowest BCUT2D eigenvalue weighted by Crippen LogP contribution is -2.02. The lowest BCUT2D eigenvalue weighted by molar-refractivity contribution is 0.0600. The maximum absolute atomic E-state index is 11.3. The van der Waals surface area contributed by atoms with Crippen LogP contribution in [0.25, 0.3) is 0 Å². The molecule has 0 unspecified atom stereocenters. The summed E-state index contributed by atoms with van der Waals surface area (Å²) in [4.78, 5) is 11.3. The fraction of sp³-hybridized carbons (Fsp3) is 0.188. The fourth-order valence-corrected chi connectivity index (χ4v) is 1.82. The highest BCUT2D eigenvalue weighted by atomic mass is 16.5. The maximum atomic E-state index is 11.3. The van der Waals surface area contributed by atoms with Crippen LogP contribution in [-0.4, -0.2) is 20.2 Å². The van der Waals surface area contributed by atoms with E-state index in [0.29, 0.717) is 29.4 Å². The standard InChI is InChI=1S/C16H17NO4/c1-19-14-8-7-13(17)9-15(14)21-10-11-3-5-12(6-4-11)16(18)20-2/h3-9H,10,17H2,1-2H3. The summed E-state index contributed by atoms with van der Waals surface area (Å²) in [7, 11) is 2.93. The van der Waals surface area contributed by atoms with E-state index in [1.165, 1.54) is 7.11 Å².